The lowest BCUT2D eigenvalue weighted by atomic mass is 10.1. The van der Waals surface area contributed by atoms with Crippen LogP contribution in [0.15, 0.2) is 0 Å². The van der Waals surface area contributed by atoms with Gasteiger partial charge in [0.1, 0.15) is 0 Å². The summed E-state index contributed by atoms with van der Waals surface area (Å²) >= 11 is 0. The van der Waals surface area contributed by atoms with Gasteiger partial charge in [-0.15, -0.1) is 0 Å². The Bertz CT molecular complexity index is 125. The highest BCUT2D eigenvalue weighted by atomic mass is 28.2. The summed E-state index contributed by atoms with van der Waals surface area (Å²) < 4.78 is 4.84. The van der Waals surface area contributed by atoms with E-state index < -0.39 is 0 Å². The average molecular weight is 158 g/mol. The minimum absolute atomic E-state index is 0.0439. The number of hydrogen-bond acceptors (Lipinski definition) is 2. The van der Waals surface area contributed by atoms with E-state index in [-0.39, 0.29) is 21.4 Å². The van der Waals surface area contributed by atoms with Crippen molar-refractivity contribution in [2.24, 2.45) is 5.92 Å². The van der Waals surface area contributed by atoms with E-state index in [9.17, 15) is 4.79 Å². The standard InChI is InChI=1S/C7H14O2Si/c1-10-5-3-6-2-4-9-7(6)8/h6H,2-5,10H2,1H3. The molecule has 1 fully saturated rings. The van der Waals surface area contributed by atoms with E-state index in [0.717, 1.165) is 12.8 Å². The van der Waals surface area contributed by atoms with Crippen molar-refractivity contribution in [3.8, 4) is 0 Å². The maximum Gasteiger partial charge on any atom is 0.309 e. The summed E-state index contributed by atoms with van der Waals surface area (Å²) in [5.41, 5.74) is 0. The van der Waals surface area contributed by atoms with Crippen LogP contribution in [0.2, 0.25) is 12.6 Å². The maximum atomic E-state index is 10.9. The third-order valence-electron chi connectivity index (χ3n) is 1.95. The van der Waals surface area contributed by atoms with Gasteiger partial charge in [-0.2, -0.15) is 0 Å². The molecule has 0 aliphatic carbocycles. The molecule has 1 aliphatic heterocycles. The molecule has 1 heterocycles. The molecular formula is C7H14O2Si. The molecule has 1 unspecified atom stereocenters. The Morgan fingerprint density at radius 1 is 1.80 bits per heavy atom. The Morgan fingerprint density at radius 2 is 2.60 bits per heavy atom. The van der Waals surface area contributed by atoms with E-state index in [2.05, 4.69) is 6.55 Å². The third-order valence-corrected chi connectivity index (χ3v) is 3.07. The van der Waals surface area contributed by atoms with Crippen molar-refractivity contribution in [3.05, 3.63) is 0 Å². The van der Waals surface area contributed by atoms with Crippen molar-refractivity contribution in [1.82, 2.24) is 0 Å². The maximum absolute atomic E-state index is 10.9. The van der Waals surface area contributed by atoms with Crippen LogP contribution in [0.4, 0.5) is 0 Å². The molecule has 0 N–H and O–H groups in total. The fraction of sp³-hybridized carbons (Fsp3) is 0.857. The summed E-state index contributed by atoms with van der Waals surface area (Å²) in [5, 5.41) is 0. The molecule has 0 amide bonds. The lowest BCUT2D eigenvalue weighted by Crippen LogP contribution is -2.07. The lowest BCUT2D eigenvalue weighted by Gasteiger charge is -2.01. The molecule has 0 aromatic carbocycles. The van der Waals surface area contributed by atoms with Gasteiger partial charge in [-0.3, -0.25) is 4.79 Å². The number of cyclic esters (lactones) is 1. The molecular weight excluding hydrogens is 144 g/mol. The first kappa shape index (κ1) is 7.79. The largest absolute Gasteiger partial charge is 0.465 e. The van der Waals surface area contributed by atoms with Crippen molar-refractivity contribution < 1.29 is 9.53 Å². The molecule has 0 saturated carbocycles. The number of ether oxygens (including phenoxy) is 1. The monoisotopic (exact) mass is 158 g/mol. The Labute approximate surface area is 63.8 Å². The topological polar surface area (TPSA) is 26.3 Å². The van der Waals surface area contributed by atoms with Crippen LogP contribution in [-0.2, 0) is 9.53 Å². The van der Waals surface area contributed by atoms with Gasteiger partial charge >= 0.3 is 5.97 Å². The first-order valence-electron chi connectivity index (χ1n) is 4.01. The number of carbonyl (C=O) groups excluding carboxylic acids is 1. The Hall–Kier alpha value is -0.313. The first-order chi connectivity index (χ1) is 4.84. The zero-order chi connectivity index (χ0) is 7.40. The van der Waals surface area contributed by atoms with Crippen LogP contribution >= 0.6 is 0 Å². The van der Waals surface area contributed by atoms with Crippen molar-refractivity contribution >= 4 is 15.5 Å². The fourth-order valence-electron chi connectivity index (χ4n) is 1.25. The molecule has 1 rings (SSSR count). The molecule has 1 saturated heterocycles. The summed E-state index contributed by atoms with van der Waals surface area (Å²) in [6, 6.07) is 1.29. The number of esters is 1. The van der Waals surface area contributed by atoms with Crippen LogP contribution in [-0.4, -0.2) is 22.1 Å². The summed E-state index contributed by atoms with van der Waals surface area (Å²) in [6.45, 7) is 2.94. The molecule has 0 aromatic rings. The number of rotatable bonds is 3. The molecule has 0 spiro atoms. The normalized spacial score (nSPS) is 26.1. The first-order valence-corrected chi connectivity index (χ1v) is 6.42. The average Bonchev–Trinajstić information content (AvgIpc) is 2.31. The summed E-state index contributed by atoms with van der Waals surface area (Å²) in [5.74, 6) is 0.301. The van der Waals surface area contributed by atoms with Gasteiger partial charge in [0.05, 0.1) is 12.5 Å². The SMILES string of the molecule is C[SiH2]CCC1CCOC1=O. The van der Waals surface area contributed by atoms with E-state index in [1.165, 1.54) is 6.04 Å². The highest BCUT2D eigenvalue weighted by Gasteiger charge is 2.24. The van der Waals surface area contributed by atoms with Crippen LogP contribution in [0.25, 0.3) is 0 Å². The molecule has 2 nitrogen and oxygen atoms in total. The minimum atomic E-state index is 0.0439. The highest BCUT2D eigenvalue weighted by molar-refractivity contribution is 6.33. The zero-order valence-corrected chi connectivity index (χ0v) is 7.84. The van der Waals surface area contributed by atoms with Gasteiger partial charge in [0.15, 0.2) is 0 Å². The molecule has 0 aromatic heterocycles. The smallest absolute Gasteiger partial charge is 0.309 e. The van der Waals surface area contributed by atoms with Crippen LogP contribution in [0, 0.1) is 5.92 Å². The van der Waals surface area contributed by atoms with E-state index in [4.69, 9.17) is 4.74 Å². The molecule has 3 heteroatoms. The molecule has 0 bridgehead atoms. The van der Waals surface area contributed by atoms with E-state index in [1.807, 2.05) is 0 Å². The van der Waals surface area contributed by atoms with Crippen LogP contribution in [0.3, 0.4) is 0 Å². The Kier molecular flexibility index (Phi) is 2.93. The molecule has 1 atom stereocenters. The lowest BCUT2D eigenvalue weighted by molar-refractivity contribution is -0.141. The van der Waals surface area contributed by atoms with Gasteiger partial charge in [0.25, 0.3) is 0 Å². The highest BCUT2D eigenvalue weighted by Crippen LogP contribution is 2.19. The predicted molar refractivity (Wildman–Crippen MR) is 42.9 cm³/mol. The number of hydrogen-bond donors (Lipinski definition) is 0. The second-order valence-electron chi connectivity index (χ2n) is 2.80. The van der Waals surface area contributed by atoms with Crippen molar-refractivity contribution in [2.45, 2.75) is 25.4 Å². The van der Waals surface area contributed by atoms with Gasteiger partial charge in [-0.05, 0) is 12.8 Å². The second kappa shape index (κ2) is 3.76. The minimum Gasteiger partial charge on any atom is -0.465 e. The summed E-state index contributed by atoms with van der Waals surface area (Å²) in [6.07, 6.45) is 2.05. The van der Waals surface area contributed by atoms with Crippen LogP contribution < -0.4 is 0 Å². The van der Waals surface area contributed by atoms with Gasteiger partial charge in [0, 0.05) is 9.52 Å². The van der Waals surface area contributed by atoms with Crippen LogP contribution in [0.5, 0.6) is 0 Å². The number of carbonyl (C=O) groups is 1. The molecule has 10 heavy (non-hydrogen) atoms. The molecule has 0 radical (unpaired) electrons. The second-order valence-corrected chi connectivity index (χ2v) is 4.50. The van der Waals surface area contributed by atoms with Gasteiger partial charge < -0.3 is 4.74 Å². The fourth-order valence-corrected chi connectivity index (χ4v) is 2.15. The Balaban J connectivity index is 2.20. The van der Waals surface area contributed by atoms with Gasteiger partial charge in [-0.1, -0.05) is 12.6 Å². The van der Waals surface area contributed by atoms with Crippen molar-refractivity contribution in [2.75, 3.05) is 6.61 Å². The quantitative estimate of drug-likeness (QED) is 0.443. The van der Waals surface area contributed by atoms with Crippen LogP contribution in [0.1, 0.15) is 12.8 Å². The third kappa shape index (κ3) is 1.83. The van der Waals surface area contributed by atoms with Crippen molar-refractivity contribution in [1.29, 1.82) is 0 Å². The van der Waals surface area contributed by atoms with E-state index in [0.29, 0.717) is 6.61 Å². The predicted octanol–water partition coefficient (Wildman–Crippen LogP) is 0.575. The molecule has 58 valence electrons. The summed E-state index contributed by atoms with van der Waals surface area (Å²) in [7, 11) is 0.150. The van der Waals surface area contributed by atoms with Crippen molar-refractivity contribution in [3.63, 3.8) is 0 Å². The van der Waals surface area contributed by atoms with Gasteiger partial charge in [-0.25, -0.2) is 0 Å². The Morgan fingerprint density at radius 3 is 3.10 bits per heavy atom. The van der Waals surface area contributed by atoms with Gasteiger partial charge in [0.2, 0.25) is 0 Å². The zero-order valence-electron chi connectivity index (χ0n) is 6.43. The summed E-state index contributed by atoms with van der Waals surface area (Å²) in [4.78, 5) is 10.9. The molecule has 1 aliphatic rings. The van der Waals surface area contributed by atoms with E-state index >= 15 is 0 Å². The van der Waals surface area contributed by atoms with E-state index in [1.54, 1.807) is 0 Å².